The minimum atomic E-state index is 0.258. The van der Waals surface area contributed by atoms with Crippen LogP contribution in [0.4, 0.5) is 0 Å². The van der Waals surface area contributed by atoms with Crippen LogP contribution in [0.5, 0.6) is 0 Å². The zero-order valence-corrected chi connectivity index (χ0v) is 10.4. The maximum atomic E-state index is 6.15. The fourth-order valence-electron chi connectivity index (χ4n) is 1.98. The molecule has 15 heavy (non-hydrogen) atoms. The lowest BCUT2D eigenvalue weighted by molar-refractivity contribution is 0.353. The van der Waals surface area contributed by atoms with E-state index in [1.807, 2.05) is 19.2 Å². The lowest BCUT2D eigenvalue weighted by atomic mass is 9.91. The molecule has 1 aromatic rings. The van der Waals surface area contributed by atoms with Crippen LogP contribution in [0, 0.1) is 5.92 Å². The quantitative estimate of drug-likeness (QED) is 0.832. The molecule has 0 amide bonds. The van der Waals surface area contributed by atoms with Gasteiger partial charge in [0.1, 0.15) is 0 Å². The Morgan fingerprint density at radius 2 is 2.07 bits per heavy atom. The summed E-state index contributed by atoms with van der Waals surface area (Å²) in [6.45, 7) is 4.41. The lowest BCUT2D eigenvalue weighted by Crippen LogP contribution is -2.25. The van der Waals surface area contributed by atoms with Gasteiger partial charge >= 0.3 is 0 Å². The fourth-order valence-corrected chi connectivity index (χ4v) is 2.22. The Morgan fingerprint density at radius 1 is 1.40 bits per heavy atom. The molecule has 1 unspecified atom stereocenters. The molecule has 0 fully saturated rings. The first-order chi connectivity index (χ1) is 7.24. The van der Waals surface area contributed by atoms with Gasteiger partial charge in [0.2, 0.25) is 0 Å². The third-order valence-corrected chi connectivity index (χ3v) is 3.23. The highest BCUT2D eigenvalue weighted by atomic mass is 35.5. The molecule has 1 rings (SSSR count). The second-order valence-electron chi connectivity index (χ2n) is 3.71. The molecule has 0 spiro atoms. The van der Waals surface area contributed by atoms with Gasteiger partial charge < -0.3 is 5.32 Å². The molecular weight excluding hydrogens is 208 g/mol. The molecule has 3 heteroatoms. The molecular formula is C12H19ClN2. The summed E-state index contributed by atoms with van der Waals surface area (Å²) in [5.41, 5.74) is 0.968. The summed E-state index contributed by atoms with van der Waals surface area (Å²) < 4.78 is 0. The van der Waals surface area contributed by atoms with E-state index in [-0.39, 0.29) is 6.04 Å². The molecule has 0 aliphatic heterocycles. The summed E-state index contributed by atoms with van der Waals surface area (Å²) in [6.07, 6.45) is 4.07. The summed E-state index contributed by atoms with van der Waals surface area (Å²) in [5.74, 6) is 0.586. The molecule has 0 aromatic carbocycles. The van der Waals surface area contributed by atoms with E-state index in [2.05, 4.69) is 24.1 Å². The van der Waals surface area contributed by atoms with Crippen molar-refractivity contribution in [3.05, 3.63) is 29.0 Å². The first kappa shape index (κ1) is 12.5. The Labute approximate surface area is 97.1 Å². The Kier molecular flexibility index (Phi) is 5.06. The van der Waals surface area contributed by atoms with Crippen molar-refractivity contribution in [2.75, 3.05) is 7.05 Å². The van der Waals surface area contributed by atoms with E-state index in [4.69, 9.17) is 11.6 Å². The third-order valence-electron chi connectivity index (χ3n) is 2.91. The van der Waals surface area contributed by atoms with Crippen LogP contribution >= 0.6 is 11.6 Å². The van der Waals surface area contributed by atoms with Gasteiger partial charge in [-0.25, -0.2) is 0 Å². The molecule has 1 N–H and O–H groups in total. The third kappa shape index (κ3) is 2.93. The number of nitrogens with zero attached hydrogens (tertiary/aromatic N) is 1. The molecule has 1 heterocycles. The molecule has 0 aliphatic rings. The van der Waals surface area contributed by atoms with Gasteiger partial charge in [0.05, 0.1) is 16.8 Å². The average molecular weight is 227 g/mol. The van der Waals surface area contributed by atoms with Crippen molar-refractivity contribution in [1.29, 1.82) is 0 Å². The number of rotatable bonds is 5. The van der Waals surface area contributed by atoms with E-state index in [1.165, 1.54) is 0 Å². The van der Waals surface area contributed by atoms with E-state index in [0.717, 1.165) is 23.6 Å². The molecule has 84 valence electrons. The van der Waals surface area contributed by atoms with Gasteiger partial charge in [0.25, 0.3) is 0 Å². The van der Waals surface area contributed by atoms with Crippen molar-refractivity contribution in [2.45, 2.75) is 32.7 Å². The minimum Gasteiger partial charge on any atom is -0.311 e. The Hall–Kier alpha value is -0.600. The maximum Gasteiger partial charge on any atom is 0.0761 e. The summed E-state index contributed by atoms with van der Waals surface area (Å²) in [7, 11) is 1.97. The number of hydrogen-bond donors (Lipinski definition) is 1. The van der Waals surface area contributed by atoms with Crippen LogP contribution in [0.1, 0.15) is 38.4 Å². The van der Waals surface area contributed by atoms with Gasteiger partial charge in [-0.05, 0) is 25.1 Å². The Balaban J connectivity index is 2.96. The summed E-state index contributed by atoms with van der Waals surface area (Å²) in [4.78, 5) is 4.37. The van der Waals surface area contributed by atoms with Gasteiger partial charge in [0, 0.05) is 6.20 Å². The van der Waals surface area contributed by atoms with Crippen LogP contribution < -0.4 is 5.32 Å². The summed E-state index contributed by atoms with van der Waals surface area (Å²) in [5, 5.41) is 4.07. The fraction of sp³-hybridized carbons (Fsp3) is 0.583. The van der Waals surface area contributed by atoms with Crippen LogP contribution in [0.2, 0.25) is 5.02 Å². The van der Waals surface area contributed by atoms with Crippen LogP contribution in [-0.2, 0) is 0 Å². The van der Waals surface area contributed by atoms with Gasteiger partial charge in [-0.15, -0.1) is 0 Å². The van der Waals surface area contributed by atoms with Gasteiger partial charge in [-0.1, -0.05) is 38.3 Å². The first-order valence-corrected chi connectivity index (χ1v) is 5.90. The van der Waals surface area contributed by atoms with Crippen LogP contribution in [0.15, 0.2) is 18.3 Å². The standard InChI is InChI=1S/C12H19ClN2/c1-4-9(5-2)11(14-3)12-10(13)7-6-8-15-12/h6-9,11,14H,4-5H2,1-3H3. The van der Waals surface area contributed by atoms with Crippen molar-refractivity contribution in [3.63, 3.8) is 0 Å². The Bertz CT molecular complexity index is 297. The topological polar surface area (TPSA) is 24.9 Å². The van der Waals surface area contributed by atoms with Gasteiger partial charge in [-0.2, -0.15) is 0 Å². The molecule has 0 radical (unpaired) electrons. The number of hydrogen-bond acceptors (Lipinski definition) is 2. The zero-order chi connectivity index (χ0) is 11.3. The summed E-state index contributed by atoms with van der Waals surface area (Å²) >= 11 is 6.15. The molecule has 2 nitrogen and oxygen atoms in total. The predicted molar refractivity (Wildman–Crippen MR) is 65.1 cm³/mol. The van der Waals surface area contributed by atoms with Crippen molar-refractivity contribution in [1.82, 2.24) is 10.3 Å². The van der Waals surface area contributed by atoms with Crippen molar-refractivity contribution >= 4 is 11.6 Å². The first-order valence-electron chi connectivity index (χ1n) is 5.52. The van der Waals surface area contributed by atoms with E-state index < -0.39 is 0 Å². The van der Waals surface area contributed by atoms with Crippen LogP contribution in [0.25, 0.3) is 0 Å². The molecule has 0 saturated heterocycles. The van der Waals surface area contributed by atoms with Gasteiger partial charge in [-0.3, -0.25) is 4.98 Å². The highest BCUT2D eigenvalue weighted by molar-refractivity contribution is 6.31. The van der Waals surface area contributed by atoms with Crippen molar-refractivity contribution in [2.24, 2.45) is 5.92 Å². The monoisotopic (exact) mass is 226 g/mol. The Morgan fingerprint density at radius 3 is 2.53 bits per heavy atom. The molecule has 0 saturated carbocycles. The number of aromatic nitrogens is 1. The second-order valence-corrected chi connectivity index (χ2v) is 4.12. The maximum absolute atomic E-state index is 6.15. The molecule has 1 aromatic heterocycles. The van der Waals surface area contributed by atoms with Crippen LogP contribution in [0.3, 0.4) is 0 Å². The van der Waals surface area contributed by atoms with Gasteiger partial charge in [0.15, 0.2) is 0 Å². The highest BCUT2D eigenvalue weighted by Crippen LogP contribution is 2.29. The molecule has 0 aliphatic carbocycles. The minimum absolute atomic E-state index is 0.258. The molecule has 0 bridgehead atoms. The van der Waals surface area contributed by atoms with E-state index >= 15 is 0 Å². The zero-order valence-electron chi connectivity index (χ0n) is 9.63. The number of halogens is 1. The average Bonchev–Trinajstić information content (AvgIpc) is 2.27. The van der Waals surface area contributed by atoms with Crippen molar-refractivity contribution in [3.8, 4) is 0 Å². The summed E-state index contributed by atoms with van der Waals surface area (Å²) in [6, 6.07) is 4.02. The van der Waals surface area contributed by atoms with Crippen molar-refractivity contribution < 1.29 is 0 Å². The largest absolute Gasteiger partial charge is 0.311 e. The second kappa shape index (κ2) is 6.09. The smallest absolute Gasteiger partial charge is 0.0761 e. The number of nitrogens with one attached hydrogen (secondary N) is 1. The normalized spacial score (nSPS) is 13.1. The molecule has 1 atom stereocenters. The SMILES string of the molecule is CCC(CC)C(NC)c1ncccc1Cl. The van der Waals surface area contributed by atoms with Crippen LogP contribution in [-0.4, -0.2) is 12.0 Å². The lowest BCUT2D eigenvalue weighted by Gasteiger charge is -2.24. The van der Waals surface area contributed by atoms with E-state index in [0.29, 0.717) is 5.92 Å². The number of pyridine rings is 1. The predicted octanol–water partition coefficient (Wildman–Crippen LogP) is 3.43. The highest BCUT2D eigenvalue weighted by Gasteiger charge is 2.21. The van der Waals surface area contributed by atoms with E-state index in [1.54, 1.807) is 6.20 Å². The van der Waals surface area contributed by atoms with E-state index in [9.17, 15) is 0 Å².